The molecular formula is C15H10Cl2F3NO. The first-order valence-electron chi connectivity index (χ1n) is 6.17. The van der Waals surface area contributed by atoms with Crippen LogP contribution >= 0.6 is 23.2 Å². The molecule has 0 fully saturated rings. The van der Waals surface area contributed by atoms with Crippen LogP contribution in [0.2, 0.25) is 10.0 Å². The molecule has 7 heteroatoms. The van der Waals surface area contributed by atoms with Crippen molar-refractivity contribution in [3.05, 3.63) is 63.6 Å². The van der Waals surface area contributed by atoms with Crippen molar-refractivity contribution in [1.82, 2.24) is 0 Å². The summed E-state index contributed by atoms with van der Waals surface area (Å²) in [7, 11) is 0. The highest BCUT2D eigenvalue weighted by molar-refractivity contribution is 6.31. The summed E-state index contributed by atoms with van der Waals surface area (Å²) in [4.78, 5) is 11.9. The number of nitrogens with one attached hydrogen (secondary N) is 1. The smallest absolute Gasteiger partial charge is 0.326 e. The van der Waals surface area contributed by atoms with Crippen LogP contribution in [0.3, 0.4) is 0 Å². The van der Waals surface area contributed by atoms with Gasteiger partial charge in [0.1, 0.15) is 0 Å². The van der Waals surface area contributed by atoms with E-state index < -0.39 is 22.7 Å². The molecule has 0 aliphatic carbocycles. The number of carbonyl (C=O) groups excluding carboxylic acids is 1. The van der Waals surface area contributed by atoms with Gasteiger partial charge in [-0.15, -0.1) is 0 Å². The van der Waals surface area contributed by atoms with E-state index in [0.717, 1.165) is 12.1 Å². The second-order valence-electron chi connectivity index (χ2n) is 4.55. The number of hydrogen-bond acceptors (Lipinski definition) is 1. The molecule has 2 aromatic carbocycles. The molecule has 2 nitrogen and oxygen atoms in total. The average Bonchev–Trinajstić information content (AvgIpc) is 2.39. The molecule has 22 heavy (non-hydrogen) atoms. The predicted octanol–water partition coefficient (Wildman–Crippen LogP) is 5.19. The third kappa shape index (κ3) is 4.39. The summed E-state index contributed by atoms with van der Waals surface area (Å²) in [6, 6.07) is 9.89. The molecular weight excluding hydrogens is 338 g/mol. The normalized spacial score (nSPS) is 11.3. The van der Waals surface area contributed by atoms with Gasteiger partial charge in [-0.05, 0) is 35.9 Å². The van der Waals surface area contributed by atoms with Crippen LogP contribution in [0.1, 0.15) is 11.1 Å². The van der Waals surface area contributed by atoms with E-state index in [1.54, 1.807) is 24.3 Å². The van der Waals surface area contributed by atoms with Gasteiger partial charge in [-0.2, -0.15) is 13.2 Å². The van der Waals surface area contributed by atoms with Gasteiger partial charge in [0, 0.05) is 10.7 Å². The largest absolute Gasteiger partial charge is 0.417 e. The van der Waals surface area contributed by atoms with Crippen molar-refractivity contribution in [2.24, 2.45) is 0 Å². The van der Waals surface area contributed by atoms with E-state index in [1.807, 2.05) is 0 Å². The van der Waals surface area contributed by atoms with Gasteiger partial charge in [0.05, 0.1) is 17.0 Å². The standard InChI is InChI=1S/C15H10Cl2F3NO/c16-10-3-1-2-9(6-10)7-14(22)21-11-4-5-13(17)12(8-11)15(18,19)20/h1-6,8H,7H2,(H,21,22). The van der Waals surface area contributed by atoms with E-state index in [9.17, 15) is 18.0 Å². The quantitative estimate of drug-likeness (QED) is 0.812. The highest BCUT2D eigenvalue weighted by atomic mass is 35.5. The molecule has 116 valence electrons. The summed E-state index contributed by atoms with van der Waals surface area (Å²) in [6.45, 7) is 0. The molecule has 1 N–H and O–H groups in total. The molecule has 2 rings (SSSR count). The molecule has 1 amide bonds. The Bertz CT molecular complexity index is 701. The van der Waals surface area contributed by atoms with Gasteiger partial charge in [0.15, 0.2) is 0 Å². The lowest BCUT2D eigenvalue weighted by Crippen LogP contribution is -2.15. The number of hydrogen-bond donors (Lipinski definition) is 1. The van der Waals surface area contributed by atoms with Crippen LogP contribution < -0.4 is 5.32 Å². The van der Waals surface area contributed by atoms with Gasteiger partial charge in [-0.1, -0.05) is 35.3 Å². The fourth-order valence-electron chi connectivity index (χ4n) is 1.86. The topological polar surface area (TPSA) is 29.1 Å². The van der Waals surface area contributed by atoms with Crippen LogP contribution in [0.25, 0.3) is 0 Å². The van der Waals surface area contributed by atoms with E-state index in [-0.39, 0.29) is 12.1 Å². The van der Waals surface area contributed by atoms with E-state index in [1.165, 1.54) is 6.07 Å². The maximum absolute atomic E-state index is 12.7. The zero-order valence-electron chi connectivity index (χ0n) is 11.0. The zero-order valence-corrected chi connectivity index (χ0v) is 12.6. The summed E-state index contributed by atoms with van der Waals surface area (Å²) >= 11 is 11.3. The fourth-order valence-corrected chi connectivity index (χ4v) is 2.30. The predicted molar refractivity (Wildman–Crippen MR) is 80.2 cm³/mol. The number of amides is 1. The molecule has 0 radical (unpaired) electrons. The molecule has 0 aromatic heterocycles. The SMILES string of the molecule is O=C(Cc1cccc(Cl)c1)Nc1ccc(Cl)c(C(F)(F)F)c1. The number of alkyl halides is 3. The highest BCUT2D eigenvalue weighted by Crippen LogP contribution is 2.36. The summed E-state index contributed by atoms with van der Waals surface area (Å²) in [6.07, 6.45) is -4.57. The third-order valence-electron chi connectivity index (χ3n) is 2.81. The molecule has 0 bridgehead atoms. The second-order valence-corrected chi connectivity index (χ2v) is 5.39. The van der Waals surface area contributed by atoms with Crippen LogP contribution in [0.15, 0.2) is 42.5 Å². The van der Waals surface area contributed by atoms with E-state index >= 15 is 0 Å². The molecule has 0 aliphatic rings. The Kier molecular flexibility index (Phi) is 4.98. The minimum Gasteiger partial charge on any atom is -0.326 e. The number of anilines is 1. The Morgan fingerprint density at radius 3 is 2.45 bits per heavy atom. The zero-order chi connectivity index (χ0) is 16.3. The lowest BCUT2D eigenvalue weighted by Gasteiger charge is -2.12. The van der Waals surface area contributed by atoms with Crippen molar-refractivity contribution in [2.75, 3.05) is 5.32 Å². The van der Waals surface area contributed by atoms with Crippen molar-refractivity contribution in [3.8, 4) is 0 Å². The van der Waals surface area contributed by atoms with Gasteiger partial charge in [-0.25, -0.2) is 0 Å². The Balaban J connectivity index is 2.12. The lowest BCUT2D eigenvalue weighted by atomic mass is 10.1. The molecule has 0 heterocycles. The summed E-state index contributed by atoms with van der Waals surface area (Å²) in [5.74, 6) is -0.447. The molecule has 0 unspecified atom stereocenters. The molecule has 0 aliphatic heterocycles. The Labute approximate surface area is 134 Å². The first kappa shape index (κ1) is 16.6. The van der Waals surface area contributed by atoms with Crippen molar-refractivity contribution >= 4 is 34.8 Å². The average molecular weight is 348 g/mol. The molecule has 0 saturated heterocycles. The van der Waals surface area contributed by atoms with Crippen molar-refractivity contribution in [1.29, 1.82) is 0 Å². The third-order valence-corrected chi connectivity index (χ3v) is 3.37. The molecule has 0 atom stereocenters. The van der Waals surface area contributed by atoms with Crippen LogP contribution in [0.4, 0.5) is 18.9 Å². The van der Waals surface area contributed by atoms with Crippen molar-refractivity contribution in [3.63, 3.8) is 0 Å². The fraction of sp³-hybridized carbons (Fsp3) is 0.133. The van der Waals surface area contributed by atoms with Crippen molar-refractivity contribution in [2.45, 2.75) is 12.6 Å². The summed E-state index contributed by atoms with van der Waals surface area (Å²) < 4.78 is 38.2. The van der Waals surface area contributed by atoms with Gasteiger partial charge >= 0.3 is 6.18 Å². The molecule has 0 saturated carbocycles. The van der Waals surface area contributed by atoms with Crippen molar-refractivity contribution < 1.29 is 18.0 Å². The van der Waals surface area contributed by atoms with Gasteiger partial charge in [0.2, 0.25) is 5.91 Å². The summed E-state index contributed by atoms with van der Waals surface area (Å²) in [5.41, 5.74) is -0.298. The second kappa shape index (κ2) is 6.58. The number of carbonyl (C=O) groups is 1. The van der Waals surface area contributed by atoms with Crippen LogP contribution in [0.5, 0.6) is 0 Å². The number of rotatable bonds is 3. The van der Waals surface area contributed by atoms with E-state index in [2.05, 4.69) is 5.32 Å². The first-order valence-corrected chi connectivity index (χ1v) is 6.92. The maximum atomic E-state index is 12.7. The number of benzene rings is 2. The molecule has 0 spiro atoms. The van der Waals surface area contributed by atoms with E-state index in [4.69, 9.17) is 23.2 Å². The summed E-state index contributed by atoms with van der Waals surface area (Å²) in [5, 5.41) is 2.48. The van der Waals surface area contributed by atoms with E-state index in [0.29, 0.717) is 10.6 Å². The lowest BCUT2D eigenvalue weighted by molar-refractivity contribution is -0.137. The monoisotopic (exact) mass is 347 g/mol. The minimum absolute atomic E-state index is 0.00450. The Morgan fingerprint density at radius 2 is 1.82 bits per heavy atom. The first-order chi connectivity index (χ1) is 10.3. The molecule has 2 aromatic rings. The van der Waals surface area contributed by atoms with Gasteiger partial charge in [-0.3, -0.25) is 4.79 Å². The highest BCUT2D eigenvalue weighted by Gasteiger charge is 2.33. The van der Waals surface area contributed by atoms with Gasteiger partial charge in [0.25, 0.3) is 0 Å². The maximum Gasteiger partial charge on any atom is 0.417 e. The Hall–Kier alpha value is -1.72. The number of halogens is 5. The van der Waals surface area contributed by atoms with Crippen LogP contribution in [-0.2, 0) is 17.4 Å². The van der Waals surface area contributed by atoms with Crippen LogP contribution in [-0.4, -0.2) is 5.91 Å². The Morgan fingerprint density at radius 1 is 1.09 bits per heavy atom. The van der Waals surface area contributed by atoms with Gasteiger partial charge < -0.3 is 5.32 Å². The minimum atomic E-state index is -4.58. The van der Waals surface area contributed by atoms with Crippen LogP contribution in [0, 0.1) is 0 Å².